The molecular weight excluding hydrogens is 402 g/mol. The van der Waals surface area contributed by atoms with Crippen molar-refractivity contribution in [2.75, 3.05) is 51.8 Å². The van der Waals surface area contributed by atoms with Gasteiger partial charge in [0.15, 0.2) is 0 Å². The van der Waals surface area contributed by atoms with Crippen molar-refractivity contribution in [3.63, 3.8) is 0 Å². The lowest BCUT2D eigenvalue weighted by molar-refractivity contribution is -0.136. The number of carbonyl (C=O) groups is 4. The summed E-state index contributed by atoms with van der Waals surface area (Å²) in [5, 5.41) is 5.36. The highest BCUT2D eigenvalue weighted by molar-refractivity contribution is 6.25. The fourth-order valence-electron chi connectivity index (χ4n) is 4.34. The second-order valence-electron chi connectivity index (χ2n) is 7.99. The molecule has 1 aromatic rings. The summed E-state index contributed by atoms with van der Waals surface area (Å²) >= 11 is 0. The van der Waals surface area contributed by atoms with E-state index in [4.69, 9.17) is 4.74 Å². The highest BCUT2D eigenvalue weighted by atomic mass is 16.5. The minimum Gasteiger partial charge on any atom is -0.356 e. The Hall–Kier alpha value is -2.82. The van der Waals surface area contributed by atoms with Crippen molar-refractivity contribution in [3.8, 4) is 0 Å². The summed E-state index contributed by atoms with van der Waals surface area (Å²) < 4.78 is 5.95. The number of benzene rings is 1. The molecule has 4 rings (SSSR count). The summed E-state index contributed by atoms with van der Waals surface area (Å²) in [5.74, 6) is -2.03. The van der Waals surface area contributed by atoms with Gasteiger partial charge in [-0.15, -0.1) is 0 Å². The third kappa shape index (κ3) is 3.93. The molecule has 10 heteroatoms. The number of nitrogens with zero attached hydrogens (tertiary/aromatic N) is 3. The van der Waals surface area contributed by atoms with Crippen LogP contribution in [0.2, 0.25) is 0 Å². The smallest absolute Gasteiger partial charge is 0.264 e. The molecule has 1 unspecified atom stereocenters. The van der Waals surface area contributed by atoms with Crippen LogP contribution in [0, 0.1) is 0 Å². The summed E-state index contributed by atoms with van der Waals surface area (Å²) in [6, 6.07) is 4.13. The van der Waals surface area contributed by atoms with E-state index < -0.39 is 29.7 Å². The first-order valence-corrected chi connectivity index (χ1v) is 10.5. The van der Waals surface area contributed by atoms with E-state index in [0.29, 0.717) is 18.8 Å². The highest BCUT2D eigenvalue weighted by Gasteiger charge is 2.46. The number of piperidine rings is 1. The number of rotatable bonds is 6. The number of carbonyl (C=O) groups excluding carboxylic acids is 4. The SMILES string of the molecule is CNCCN1CCO[C@H](N(C)c2cccc3c2C(=O)N(C2CCC(=O)NC2=O)C3=O)C1. The van der Waals surface area contributed by atoms with Crippen LogP contribution >= 0.6 is 0 Å². The molecule has 10 nitrogen and oxygen atoms in total. The average molecular weight is 429 g/mol. The number of likely N-dealkylation sites (N-methyl/N-ethyl adjacent to an activating group) is 2. The van der Waals surface area contributed by atoms with Crippen molar-refractivity contribution < 1.29 is 23.9 Å². The Morgan fingerprint density at radius 2 is 2.03 bits per heavy atom. The molecule has 2 N–H and O–H groups in total. The second-order valence-corrected chi connectivity index (χ2v) is 7.99. The number of anilines is 1. The van der Waals surface area contributed by atoms with Gasteiger partial charge in [0.2, 0.25) is 11.8 Å². The number of fused-ring (bicyclic) bond motifs is 1. The Labute approximate surface area is 180 Å². The van der Waals surface area contributed by atoms with Crippen LogP contribution < -0.4 is 15.5 Å². The van der Waals surface area contributed by atoms with Crippen LogP contribution in [0.5, 0.6) is 0 Å². The summed E-state index contributed by atoms with van der Waals surface area (Å²) in [5.41, 5.74) is 1.13. The lowest BCUT2D eigenvalue weighted by atomic mass is 10.0. The summed E-state index contributed by atoms with van der Waals surface area (Å²) in [4.78, 5) is 55.3. The molecular formula is C21H27N5O5. The fraction of sp³-hybridized carbons (Fsp3) is 0.524. The zero-order valence-electron chi connectivity index (χ0n) is 17.7. The molecule has 2 fully saturated rings. The summed E-state index contributed by atoms with van der Waals surface area (Å²) in [6.45, 7) is 3.83. The van der Waals surface area contributed by atoms with E-state index in [1.54, 1.807) is 18.2 Å². The van der Waals surface area contributed by atoms with Gasteiger partial charge >= 0.3 is 0 Å². The van der Waals surface area contributed by atoms with Gasteiger partial charge in [-0.2, -0.15) is 0 Å². The van der Waals surface area contributed by atoms with Crippen LogP contribution in [0.25, 0.3) is 0 Å². The van der Waals surface area contributed by atoms with E-state index in [9.17, 15) is 19.2 Å². The number of nitrogens with one attached hydrogen (secondary N) is 2. The van der Waals surface area contributed by atoms with E-state index in [2.05, 4.69) is 15.5 Å². The third-order valence-corrected chi connectivity index (χ3v) is 6.07. The molecule has 31 heavy (non-hydrogen) atoms. The Morgan fingerprint density at radius 3 is 2.77 bits per heavy atom. The van der Waals surface area contributed by atoms with Crippen LogP contribution in [0.3, 0.4) is 0 Å². The van der Waals surface area contributed by atoms with Gasteiger partial charge in [-0.3, -0.25) is 34.3 Å². The van der Waals surface area contributed by atoms with Gasteiger partial charge in [-0.25, -0.2) is 0 Å². The molecule has 0 spiro atoms. The molecule has 0 aromatic heterocycles. The van der Waals surface area contributed by atoms with Crippen LogP contribution in [-0.2, 0) is 14.3 Å². The molecule has 1 aromatic carbocycles. The number of amides is 4. The third-order valence-electron chi connectivity index (χ3n) is 6.07. The van der Waals surface area contributed by atoms with E-state index >= 15 is 0 Å². The maximum atomic E-state index is 13.3. The molecule has 4 amide bonds. The van der Waals surface area contributed by atoms with E-state index in [0.717, 1.165) is 24.5 Å². The van der Waals surface area contributed by atoms with Gasteiger partial charge in [0.1, 0.15) is 12.3 Å². The molecule has 3 heterocycles. The quantitative estimate of drug-likeness (QED) is 0.577. The van der Waals surface area contributed by atoms with E-state index in [1.165, 1.54) is 0 Å². The first kappa shape index (κ1) is 21.4. The second kappa shape index (κ2) is 8.74. The van der Waals surface area contributed by atoms with Gasteiger partial charge in [-0.05, 0) is 25.6 Å². The summed E-state index contributed by atoms with van der Waals surface area (Å²) in [6.07, 6.45) is -0.0489. The number of hydrogen-bond acceptors (Lipinski definition) is 8. The van der Waals surface area contributed by atoms with Crippen molar-refractivity contribution >= 4 is 29.3 Å². The maximum absolute atomic E-state index is 13.3. The lowest BCUT2D eigenvalue weighted by Gasteiger charge is -2.39. The van der Waals surface area contributed by atoms with Crippen molar-refractivity contribution in [3.05, 3.63) is 29.3 Å². The monoisotopic (exact) mass is 429 g/mol. The van der Waals surface area contributed by atoms with Gasteiger partial charge in [0.05, 0.1) is 23.4 Å². The molecule has 0 bridgehead atoms. The molecule has 0 saturated carbocycles. The number of morpholine rings is 1. The van der Waals surface area contributed by atoms with Gasteiger partial charge in [-0.1, -0.05) is 6.07 Å². The number of hydrogen-bond donors (Lipinski definition) is 2. The zero-order chi connectivity index (χ0) is 22.1. The average Bonchev–Trinajstić information content (AvgIpc) is 3.02. The van der Waals surface area contributed by atoms with Crippen molar-refractivity contribution in [1.82, 2.24) is 20.4 Å². The standard InChI is InChI=1S/C21H27N5O5/c1-22-8-9-25-10-11-31-17(12-25)24(2)14-5-3-4-13-18(14)21(30)26(20(13)29)15-6-7-16(27)23-19(15)28/h3-5,15,17,22H,6-12H2,1-2H3,(H,23,27,28)/t15?,17-/m0/s1. The normalized spacial score (nSPS) is 24.4. The Kier molecular flexibility index (Phi) is 6.03. The van der Waals surface area contributed by atoms with Gasteiger partial charge in [0.25, 0.3) is 11.8 Å². The molecule has 3 aliphatic heterocycles. The van der Waals surface area contributed by atoms with Crippen LogP contribution in [-0.4, -0.2) is 92.6 Å². The van der Waals surface area contributed by atoms with Crippen LogP contribution in [0.15, 0.2) is 18.2 Å². The van der Waals surface area contributed by atoms with Crippen LogP contribution in [0.4, 0.5) is 5.69 Å². The van der Waals surface area contributed by atoms with Gasteiger partial charge in [0, 0.05) is 39.6 Å². The lowest BCUT2D eigenvalue weighted by Crippen LogP contribution is -2.54. The molecule has 2 saturated heterocycles. The Morgan fingerprint density at radius 1 is 1.23 bits per heavy atom. The van der Waals surface area contributed by atoms with Gasteiger partial charge < -0.3 is 15.0 Å². The number of ether oxygens (including phenoxy) is 1. The highest BCUT2D eigenvalue weighted by Crippen LogP contribution is 2.34. The minimum absolute atomic E-state index is 0.0922. The Bertz CT molecular complexity index is 919. The van der Waals surface area contributed by atoms with Crippen molar-refractivity contribution in [2.24, 2.45) is 0 Å². The minimum atomic E-state index is -0.980. The molecule has 0 radical (unpaired) electrons. The van der Waals surface area contributed by atoms with E-state index in [1.807, 2.05) is 19.0 Å². The first-order valence-electron chi connectivity index (χ1n) is 10.5. The predicted octanol–water partition coefficient (Wildman–Crippen LogP) is -0.598. The van der Waals surface area contributed by atoms with Crippen LogP contribution in [0.1, 0.15) is 33.6 Å². The first-order chi connectivity index (χ1) is 14.9. The zero-order valence-corrected chi connectivity index (χ0v) is 17.7. The molecule has 2 atom stereocenters. The molecule has 166 valence electrons. The summed E-state index contributed by atoms with van der Waals surface area (Å²) in [7, 11) is 3.75. The number of imide groups is 2. The molecule has 0 aliphatic carbocycles. The van der Waals surface area contributed by atoms with Crippen molar-refractivity contribution in [1.29, 1.82) is 0 Å². The fourth-order valence-corrected chi connectivity index (χ4v) is 4.34. The maximum Gasteiger partial charge on any atom is 0.264 e. The largest absolute Gasteiger partial charge is 0.356 e. The Balaban J connectivity index is 1.58. The predicted molar refractivity (Wildman–Crippen MR) is 112 cm³/mol. The van der Waals surface area contributed by atoms with E-state index in [-0.39, 0.29) is 30.2 Å². The van der Waals surface area contributed by atoms with Crippen molar-refractivity contribution in [2.45, 2.75) is 25.1 Å². The molecule has 3 aliphatic rings. The topological polar surface area (TPSA) is 111 Å².